The van der Waals surface area contributed by atoms with E-state index in [0.29, 0.717) is 26.3 Å². The predicted octanol–water partition coefficient (Wildman–Crippen LogP) is 2.53. The van der Waals surface area contributed by atoms with Crippen LogP contribution in [-0.4, -0.2) is 36.9 Å². The minimum absolute atomic E-state index is 0.102. The first-order valence-corrected chi connectivity index (χ1v) is 7.45. The van der Waals surface area contributed by atoms with Crippen LogP contribution in [0.1, 0.15) is 24.5 Å². The van der Waals surface area contributed by atoms with Gasteiger partial charge in [-0.15, -0.1) is 0 Å². The van der Waals surface area contributed by atoms with Gasteiger partial charge in [0.05, 0.1) is 19.8 Å². The fourth-order valence-electron chi connectivity index (χ4n) is 2.35. The molecule has 1 heterocycles. The topological polar surface area (TPSA) is 38.8 Å². The molecule has 1 saturated heterocycles. The maximum absolute atomic E-state index is 12.0. The minimum atomic E-state index is -0.336. The third-order valence-corrected chi connectivity index (χ3v) is 3.52. The second-order valence-corrected chi connectivity index (χ2v) is 5.12. The molecule has 0 aromatic heterocycles. The number of amides is 1. The molecule has 1 aromatic carbocycles. The highest BCUT2D eigenvalue weighted by Crippen LogP contribution is 2.13. The molecule has 0 N–H and O–H groups in total. The second kappa shape index (κ2) is 7.96. The van der Waals surface area contributed by atoms with E-state index in [9.17, 15) is 4.79 Å². The molecule has 1 aromatic rings. The van der Waals surface area contributed by atoms with Gasteiger partial charge in [-0.3, -0.25) is 4.79 Å². The normalized spacial score (nSPS) is 15.7. The van der Waals surface area contributed by atoms with E-state index in [1.165, 1.54) is 11.6 Å². The molecule has 0 atom stereocenters. The highest BCUT2D eigenvalue weighted by molar-refractivity contribution is 5.87. The van der Waals surface area contributed by atoms with Crippen LogP contribution in [0, 0.1) is 0 Å². The number of carbonyl (C=O) groups excluding carboxylic acids is 1. The molecular weight excluding hydrogens is 266 g/mol. The van der Waals surface area contributed by atoms with Crippen LogP contribution in [0.15, 0.2) is 36.9 Å². The Morgan fingerprint density at radius 1 is 1.38 bits per heavy atom. The molecule has 1 fully saturated rings. The Morgan fingerprint density at radius 3 is 2.76 bits per heavy atom. The number of nitrogens with zero attached hydrogens (tertiary/aromatic N) is 1. The molecule has 1 aliphatic rings. The molecule has 1 amide bonds. The number of benzene rings is 1. The Bertz CT molecular complexity index is 481. The summed E-state index contributed by atoms with van der Waals surface area (Å²) in [6.07, 6.45) is 2.90. The number of rotatable bonds is 6. The third-order valence-electron chi connectivity index (χ3n) is 3.52. The van der Waals surface area contributed by atoms with Crippen molar-refractivity contribution in [1.82, 2.24) is 4.90 Å². The lowest BCUT2D eigenvalue weighted by molar-refractivity contribution is -0.188. The molecule has 2 rings (SSSR count). The van der Waals surface area contributed by atoms with Crippen molar-refractivity contribution in [1.29, 1.82) is 0 Å². The van der Waals surface area contributed by atoms with Crippen molar-refractivity contribution in [2.75, 3.05) is 19.8 Å². The van der Waals surface area contributed by atoms with Crippen LogP contribution in [0.3, 0.4) is 0 Å². The summed E-state index contributed by atoms with van der Waals surface area (Å²) in [4.78, 5) is 13.8. The van der Waals surface area contributed by atoms with Crippen molar-refractivity contribution in [3.63, 3.8) is 0 Å². The molecule has 0 radical (unpaired) electrons. The summed E-state index contributed by atoms with van der Waals surface area (Å²) in [7, 11) is 0. The Balaban J connectivity index is 2.04. The monoisotopic (exact) mass is 289 g/mol. The fraction of sp³-hybridized carbons (Fsp3) is 0.471. The number of hydrogen-bond donors (Lipinski definition) is 0. The Kier molecular flexibility index (Phi) is 5.96. The summed E-state index contributed by atoms with van der Waals surface area (Å²) in [6.45, 7) is 8.05. The molecule has 0 aliphatic carbocycles. The first kappa shape index (κ1) is 15.7. The molecule has 4 nitrogen and oxygen atoms in total. The lowest BCUT2D eigenvalue weighted by Crippen LogP contribution is -2.40. The van der Waals surface area contributed by atoms with Gasteiger partial charge in [-0.2, -0.15) is 0 Å². The molecule has 0 saturated carbocycles. The van der Waals surface area contributed by atoms with Crippen LogP contribution in [0.2, 0.25) is 0 Å². The van der Waals surface area contributed by atoms with Crippen molar-refractivity contribution in [3.05, 3.63) is 48.0 Å². The van der Waals surface area contributed by atoms with Crippen molar-refractivity contribution in [2.45, 2.75) is 32.6 Å². The van der Waals surface area contributed by atoms with Crippen LogP contribution in [-0.2, 0) is 27.2 Å². The second-order valence-electron chi connectivity index (χ2n) is 5.12. The first-order valence-electron chi connectivity index (χ1n) is 7.45. The number of ether oxygens (including phenoxy) is 2. The van der Waals surface area contributed by atoms with E-state index in [4.69, 9.17) is 9.47 Å². The molecule has 0 bridgehead atoms. The lowest BCUT2D eigenvalue weighted by Gasteiger charge is -2.29. The number of carbonyl (C=O) groups is 1. The van der Waals surface area contributed by atoms with E-state index < -0.39 is 0 Å². The van der Waals surface area contributed by atoms with Crippen LogP contribution in [0.5, 0.6) is 0 Å². The average molecular weight is 289 g/mol. The van der Waals surface area contributed by atoms with Crippen LogP contribution in [0.4, 0.5) is 0 Å². The van der Waals surface area contributed by atoms with E-state index in [2.05, 4.69) is 25.6 Å². The average Bonchev–Trinajstić information content (AvgIpc) is 2.54. The molecule has 1 aliphatic heterocycles. The summed E-state index contributed by atoms with van der Waals surface area (Å²) in [6, 6.07) is 8.28. The maximum Gasteiger partial charge on any atom is 0.246 e. The van der Waals surface area contributed by atoms with Gasteiger partial charge in [0.15, 0.2) is 6.29 Å². The fourth-order valence-corrected chi connectivity index (χ4v) is 2.35. The lowest BCUT2D eigenvalue weighted by atomic mass is 10.1. The van der Waals surface area contributed by atoms with Gasteiger partial charge >= 0.3 is 0 Å². The van der Waals surface area contributed by atoms with E-state index >= 15 is 0 Å². The Labute approximate surface area is 126 Å². The van der Waals surface area contributed by atoms with Gasteiger partial charge in [0.2, 0.25) is 5.91 Å². The van der Waals surface area contributed by atoms with Crippen molar-refractivity contribution in [2.24, 2.45) is 0 Å². The highest BCUT2D eigenvalue weighted by Gasteiger charge is 2.20. The highest BCUT2D eigenvalue weighted by atomic mass is 16.7. The Hall–Kier alpha value is -1.65. The van der Waals surface area contributed by atoms with Crippen molar-refractivity contribution in [3.8, 4) is 0 Å². The van der Waals surface area contributed by atoms with Gasteiger partial charge in [-0.25, -0.2) is 0 Å². The van der Waals surface area contributed by atoms with Gasteiger partial charge in [0, 0.05) is 6.54 Å². The van der Waals surface area contributed by atoms with Crippen molar-refractivity contribution < 1.29 is 14.3 Å². The van der Waals surface area contributed by atoms with Gasteiger partial charge in [0.1, 0.15) is 0 Å². The van der Waals surface area contributed by atoms with Crippen LogP contribution >= 0.6 is 0 Å². The summed E-state index contributed by atoms with van der Waals surface area (Å²) in [5.74, 6) is -0.102. The van der Waals surface area contributed by atoms with Gasteiger partial charge in [-0.1, -0.05) is 37.8 Å². The smallest absolute Gasteiger partial charge is 0.246 e. The van der Waals surface area contributed by atoms with Crippen molar-refractivity contribution >= 4 is 5.91 Å². The molecule has 21 heavy (non-hydrogen) atoms. The zero-order valence-corrected chi connectivity index (χ0v) is 12.6. The van der Waals surface area contributed by atoms with E-state index in [1.807, 2.05) is 12.1 Å². The number of aryl methyl sites for hydroxylation is 1. The predicted molar refractivity (Wildman–Crippen MR) is 81.7 cm³/mol. The number of hydrogen-bond acceptors (Lipinski definition) is 3. The molecule has 114 valence electrons. The summed E-state index contributed by atoms with van der Waals surface area (Å²) in [5.41, 5.74) is 2.38. The quantitative estimate of drug-likeness (QED) is 0.755. The maximum atomic E-state index is 12.0. The zero-order chi connectivity index (χ0) is 15.1. The Morgan fingerprint density at radius 2 is 2.10 bits per heavy atom. The molecule has 0 unspecified atom stereocenters. The van der Waals surface area contributed by atoms with Crippen LogP contribution < -0.4 is 0 Å². The summed E-state index contributed by atoms with van der Waals surface area (Å²) < 4.78 is 11.1. The van der Waals surface area contributed by atoms with E-state index in [0.717, 1.165) is 18.4 Å². The van der Waals surface area contributed by atoms with E-state index in [1.54, 1.807) is 4.90 Å². The van der Waals surface area contributed by atoms with Gasteiger partial charge < -0.3 is 14.4 Å². The van der Waals surface area contributed by atoms with Gasteiger partial charge in [0.25, 0.3) is 0 Å². The first-order chi connectivity index (χ1) is 10.2. The van der Waals surface area contributed by atoms with Crippen LogP contribution in [0.25, 0.3) is 0 Å². The standard InChI is InChI=1S/C17H23NO3/c1-3-14-7-5-8-15(11-14)12-18(16(19)4-2)13-17-20-9-6-10-21-17/h4-5,7-8,11,17H,2-3,6,9-10,12-13H2,1H3. The summed E-state index contributed by atoms with van der Waals surface area (Å²) >= 11 is 0. The SMILES string of the molecule is C=CC(=O)N(Cc1cccc(CC)c1)CC1OCCCO1. The zero-order valence-electron chi connectivity index (χ0n) is 12.6. The third kappa shape index (κ3) is 4.69. The summed E-state index contributed by atoms with van der Waals surface area (Å²) in [5, 5.41) is 0. The van der Waals surface area contributed by atoms with E-state index in [-0.39, 0.29) is 12.2 Å². The molecule has 4 heteroatoms. The van der Waals surface area contributed by atoms with Gasteiger partial charge in [-0.05, 0) is 30.0 Å². The minimum Gasteiger partial charge on any atom is -0.351 e. The molecule has 0 spiro atoms. The largest absolute Gasteiger partial charge is 0.351 e. The molecular formula is C17H23NO3.